The molecule has 58 valence electrons. The molecule has 0 heterocycles. The quantitative estimate of drug-likeness (QED) is 0.565. The van der Waals surface area contributed by atoms with E-state index < -0.39 is 6.04 Å². The van der Waals surface area contributed by atoms with Crippen molar-refractivity contribution in [2.75, 3.05) is 0 Å². The molecule has 0 aromatic heterocycles. The first kappa shape index (κ1) is 7.92. The SMILES string of the molecule is Cc1cccc(C)c1C(=O)F. The van der Waals surface area contributed by atoms with Gasteiger partial charge in [0, 0.05) is 0 Å². The lowest BCUT2D eigenvalue weighted by atomic mass is 10.0. The monoisotopic (exact) mass is 152 g/mol. The van der Waals surface area contributed by atoms with Crippen LogP contribution >= 0.6 is 0 Å². The summed E-state index contributed by atoms with van der Waals surface area (Å²) in [5, 5.41) is 0. The fourth-order valence-corrected chi connectivity index (χ4v) is 1.12. The maximum atomic E-state index is 12.3. The van der Waals surface area contributed by atoms with E-state index in [1.165, 1.54) is 0 Å². The smallest absolute Gasteiger partial charge is 0.255 e. The second-order valence-corrected chi connectivity index (χ2v) is 2.54. The number of hydrogen-bond donors (Lipinski definition) is 0. The second kappa shape index (κ2) is 2.82. The maximum absolute atomic E-state index is 12.3. The van der Waals surface area contributed by atoms with Crippen LogP contribution in [0.3, 0.4) is 0 Å². The highest BCUT2D eigenvalue weighted by Crippen LogP contribution is 2.13. The Balaban J connectivity index is 3.32. The van der Waals surface area contributed by atoms with Crippen LogP contribution in [0.25, 0.3) is 0 Å². The molecule has 0 atom stereocenters. The van der Waals surface area contributed by atoms with Crippen molar-refractivity contribution in [2.24, 2.45) is 0 Å². The number of hydrogen-bond acceptors (Lipinski definition) is 1. The van der Waals surface area contributed by atoms with E-state index in [9.17, 15) is 9.18 Å². The number of carbonyl (C=O) groups is 1. The molecule has 1 rings (SSSR count). The van der Waals surface area contributed by atoms with Crippen molar-refractivity contribution in [1.29, 1.82) is 0 Å². The molecular weight excluding hydrogens is 143 g/mol. The van der Waals surface area contributed by atoms with Crippen LogP contribution in [0.5, 0.6) is 0 Å². The van der Waals surface area contributed by atoms with Crippen molar-refractivity contribution in [3.05, 3.63) is 34.9 Å². The van der Waals surface area contributed by atoms with Gasteiger partial charge in [0.25, 0.3) is 0 Å². The summed E-state index contributed by atoms with van der Waals surface area (Å²) in [6.07, 6.45) is 0. The van der Waals surface area contributed by atoms with Crippen molar-refractivity contribution < 1.29 is 9.18 Å². The number of benzene rings is 1. The maximum Gasteiger partial charge on any atom is 0.332 e. The van der Waals surface area contributed by atoms with Gasteiger partial charge >= 0.3 is 6.04 Å². The third kappa shape index (κ3) is 1.45. The zero-order valence-corrected chi connectivity index (χ0v) is 6.52. The molecule has 2 heteroatoms. The Morgan fingerprint density at radius 2 is 1.73 bits per heavy atom. The standard InChI is InChI=1S/C9H9FO/c1-6-4-3-5-7(2)8(6)9(10)11/h3-5H,1-2H3. The van der Waals surface area contributed by atoms with Crippen LogP contribution in [0.15, 0.2) is 18.2 Å². The summed E-state index contributed by atoms with van der Waals surface area (Å²) in [7, 11) is 0. The largest absolute Gasteiger partial charge is 0.332 e. The zero-order valence-electron chi connectivity index (χ0n) is 6.52. The van der Waals surface area contributed by atoms with E-state index in [1.54, 1.807) is 32.0 Å². The minimum absolute atomic E-state index is 0.201. The topological polar surface area (TPSA) is 17.1 Å². The Morgan fingerprint density at radius 1 is 1.27 bits per heavy atom. The molecule has 0 aliphatic carbocycles. The first-order chi connectivity index (χ1) is 5.13. The number of carbonyl (C=O) groups excluding carboxylic acids is 1. The third-order valence-electron chi connectivity index (χ3n) is 1.68. The Kier molecular flexibility index (Phi) is 2.03. The van der Waals surface area contributed by atoms with E-state index in [0.717, 1.165) is 0 Å². The van der Waals surface area contributed by atoms with Crippen LogP contribution in [0.2, 0.25) is 0 Å². The minimum atomic E-state index is -1.35. The first-order valence-electron chi connectivity index (χ1n) is 3.39. The molecule has 0 aliphatic heterocycles. The van der Waals surface area contributed by atoms with Crippen LogP contribution in [0.4, 0.5) is 4.39 Å². The summed E-state index contributed by atoms with van der Waals surface area (Å²) < 4.78 is 12.3. The van der Waals surface area contributed by atoms with Crippen molar-refractivity contribution in [3.63, 3.8) is 0 Å². The molecule has 0 fully saturated rings. The molecular formula is C9H9FO. The van der Waals surface area contributed by atoms with Gasteiger partial charge in [-0.15, -0.1) is 0 Å². The Morgan fingerprint density at radius 3 is 2.00 bits per heavy atom. The lowest BCUT2D eigenvalue weighted by molar-refractivity contribution is 0.0834. The Hall–Kier alpha value is -1.18. The molecule has 0 spiro atoms. The fourth-order valence-electron chi connectivity index (χ4n) is 1.12. The summed E-state index contributed by atoms with van der Waals surface area (Å²) in [5.74, 6) is 0. The van der Waals surface area contributed by atoms with E-state index in [2.05, 4.69) is 0 Å². The van der Waals surface area contributed by atoms with Gasteiger partial charge in [-0.2, -0.15) is 4.39 Å². The van der Waals surface area contributed by atoms with E-state index in [1.807, 2.05) is 0 Å². The molecule has 0 aliphatic rings. The van der Waals surface area contributed by atoms with Gasteiger partial charge in [0.05, 0.1) is 5.56 Å². The fraction of sp³-hybridized carbons (Fsp3) is 0.222. The summed E-state index contributed by atoms with van der Waals surface area (Å²) in [4.78, 5) is 10.4. The van der Waals surface area contributed by atoms with Crippen LogP contribution in [-0.4, -0.2) is 6.04 Å². The van der Waals surface area contributed by atoms with Gasteiger partial charge in [0.1, 0.15) is 0 Å². The van der Waals surface area contributed by atoms with Crippen LogP contribution in [0.1, 0.15) is 21.5 Å². The molecule has 0 radical (unpaired) electrons. The highest BCUT2D eigenvalue weighted by Gasteiger charge is 2.09. The van der Waals surface area contributed by atoms with E-state index in [0.29, 0.717) is 11.1 Å². The highest BCUT2D eigenvalue weighted by molar-refractivity contribution is 5.91. The number of aryl methyl sites for hydroxylation is 2. The van der Waals surface area contributed by atoms with Crippen molar-refractivity contribution >= 4 is 6.04 Å². The zero-order chi connectivity index (χ0) is 8.43. The molecule has 0 N–H and O–H groups in total. The molecule has 0 amide bonds. The van der Waals surface area contributed by atoms with Gasteiger partial charge in [-0.05, 0) is 25.0 Å². The van der Waals surface area contributed by atoms with Crippen LogP contribution < -0.4 is 0 Å². The number of rotatable bonds is 1. The molecule has 0 saturated heterocycles. The average Bonchev–Trinajstić information content (AvgIpc) is 1.85. The molecule has 1 nitrogen and oxygen atoms in total. The van der Waals surface area contributed by atoms with Gasteiger partial charge in [-0.1, -0.05) is 18.2 Å². The van der Waals surface area contributed by atoms with Gasteiger partial charge in [0.2, 0.25) is 0 Å². The van der Waals surface area contributed by atoms with Gasteiger partial charge in [-0.25, -0.2) is 0 Å². The molecule has 11 heavy (non-hydrogen) atoms. The van der Waals surface area contributed by atoms with E-state index >= 15 is 0 Å². The summed E-state index contributed by atoms with van der Waals surface area (Å²) in [6, 6.07) is 3.90. The molecule has 0 bridgehead atoms. The molecule has 0 unspecified atom stereocenters. The Bertz CT molecular complexity index is 271. The highest BCUT2D eigenvalue weighted by atomic mass is 19.1. The van der Waals surface area contributed by atoms with Gasteiger partial charge in [-0.3, -0.25) is 4.79 Å². The van der Waals surface area contributed by atoms with Gasteiger partial charge in [0.15, 0.2) is 0 Å². The van der Waals surface area contributed by atoms with Gasteiger partial charge < -0.3 is 0 Å². The van der Waals surface area contributed by atoms with E-state index in [4.69, 9.17) is 0 Å². The summed E-state index contributed by atoms with van der Waals surface area (Å²) in [5.41, 5.74) is 1.59. The number of halogens is 1. The first-order valence-corrected chi connectivity index (χ1v) is 3.39. The third-order valence-corrected chi connectivity index (χ3v) is 1.68. The van der Waals surface area contributed by atoms with Crippen molar-refractivity contribution in [1.82, 2.24) is 0 Å². The Labute approximate surface area is 64.9 Å². The normalized spacial score (nSPS) is 9.73. The predicted molar refractivity (Wildman–Crippen MR) is 41.4 cm³/mol. The molecule has 1 aromatic rings. The summed E-state index contributed by atoms with van der Waals surface area (Å²) >= 11 is 0. The molecule has 1 aromatic carbocycles. The summed E-state index contributed by atoms with van der Waals surface area (Å²) in [6.45, 7) is 3.44. The predicted octanol–water partition coefficient (Wildman–Crippen LogP) is 2.41. The molecule has 0 saturated carbocycles. The van der Waals surface area contributed by atoms with Crippen molar-refractivity contribution in [3.8, 4) is 0 Å². The lowest BCUT2D eigenvalue weighted by Gasteiger charge is -2.01. The lowest BCUT2D eigenvalue weighted by Crippen LogP contribution is -1.97. The van der Waals surface area contributed by atoms with Crippen LogP contribution in [0, 0.1) is 13.8 Å². The van der Waals surface area contributed by atoms with Crippen molar-refractivity contribution in [2.45, 2.75) is 13.8 Å². The average molecular weight is 152 g/mol. The van der Waals surface area contributed by atoms with Crippen LogP contribution in [-0.2, 0) is 0 Å². The van der Waals surface area contributed by atoms with E-state index in [-0.39, 0.29) is 5.56 Å². The second-order valence-electron chi connectivity index (χ2n) is 2.54. The minimum Gasteiger partial charge on any atom is -0.255 e.